The van der Waals surface area contributed by atoms with Crippen molar-refractivity contribution >= 4 is 23.7 Å². The number of benzene rings is 1. The Balaban J connectivity index is 1.65. The van der Waals surface area contributed by atoms with Crippen molar-refractivity contribution < 1.29 is 14.3 Å². The average Bonchev–Trinajstić information content (AvgIpc) is 3.18. The van der Waals surface area contributed by atoms with Crippen molar-refractivity contribution in [2.24, 2.45) is 0 Å². The van der Waals surface area contributed by atoms with Crippen molar-refractivity contribution in [2.45, 2.75) is 75.4 Å². The van der Waals surface area contributed by atoms with E-state index in [2.05, 4.69) is 20.8 Å². The fourth-order valence-electron chi connectivity index (χ4n) is 3.65. The van der Waals surface area contributed by atoms with Crippen LogP contribution in [0.5, 0.6) is 5.75 Å². The summed E-state index contributed by atoms with van der Waals surface area (Å²) in [6.07, 6.45) is 5.38. The molecule has 1 aromatic heterocycles. The number of imide groups is 1. The second-order valence-electron chi connectivity index (χ2n) is 8.06. The predicted octanol–water partition coefficient (Wildman–Crippen LogP) is 4.17. The number of carbonyl (C=O) groups is 2. The topological polar surface area (TPSA) is 98.1 Å². The van der Waals surface area contributed by atoms with E-state index in [4.69, 9.17) is 4.74 Å². The summed E-state index contributed by atoms with van der Waals surface area (Å²) in [7, 11) is 1.63. The maximum absolute atomic E-state index is 12.6. The van der Waals surface area contributed by atoms with Crippen LogP contribution in [-0.2, 0) is 4.79 Å². The number of aromatic nitrogens is 3. The first-order valence-electron chi connectivity index (χ1n) is 10.8. The summed E-state index contributed by atoms with van der Waals surface area (Å²) in [6, 6.07) is 7.45. The molecule has 8 nitrogen and oxygen atoms in total. The van der Waals surface area contributed by atoms with Crippen LogP contribution < -0.4 is 15.4 Å². The molecule has 1 unspecified atom stereocenters. The molecule has 1 aliphatic carbocycles. The third-order valence-electron chi connectivity index (χ3n) is 5.36. The van der Waals surface area contributed by atoms with Crippen LogP contribution in [0, 0.1) is 0 Å². The zero-order valence-electron chi connectivity index (χ0n) is 18.6. The summed E-state index contributed by atoms with van der Waals surface area (Å²) in [5.41, 5.74) is 0.915. The van der Waals surface area contributed by atoms with Crippen LogP contribution in [0.3, 0.4) is 0 Å². The number of nitrogens with one attached hydrogen (secondary N) is 2. The molecule has 0 spiro atoms. The number of urea groups is 1. The van der Waals surface area contributed by atoms with Crippen LogP contribution in [0.2, 0.25) is 0 Å². The quantitative estimate of drug-likeness (QED) is 0.621. The third-order valence-corrected chi connectivity index (χ3v) is 6.41. The smallest absolute Gasteiger partial charge is 0.321 e. The minimum atomic E-state index is -0.498. The zero-order chi connectivity index (χ0) is 22.4. The van der Waals surface area contributed by atoms with E-state index < -0.39 is 11.3 Å². The molecule has 1 aliphatic rings. The molecule has 31 heavy (non-hydrogen) atoms. The number of thioether (sulfide) groups is 1. The van der Waals surface area contributed by atoms with Crippen molar-refractivity contribution in [3.63, 3.8) is 0 Å². The van der Waals surface area contributed by atoms with Gasteiger partial charge in [-0.15, -0.1) is 10.2 Å². The Morgan fingerprint density at radius 2 is 1.77 bits per heavy atom. The molecule has 1 fully saturated rings. The Kier molecular flexibility index (Phi) is 7.95. The van der Waals surface area contributed by atoms with E-state index in [1.807, 2.05) is 42.7 Å². The number of ether oxygens (including phenoxy) is 1. The van der Waals surface area contributed by atoms with Gasteiger partial charge >= 0.3 is 6.03 Å². The minimum Gasteiger partial charge on any atom is -0.497 e. The Morgan fingerprint density at radius 3 is 2.39 bits per heavy atom. The number of rotatable bonds is 7. The van der Waals surface area contributed by atoms with Crippen LogP contribution in [-0.4, -0.2) is 45.1 Å². The molecule has 0 saturated heterocycles. The molecule has 168 valence electrons. The normalized spacial score (nSPS) is 15.5. The maximum atomic E-state index is 12.6. The molecule has 1 aromatic carbocycles. The van der Waals surface area contributed by atoms with Crippen LogP contribution in [0.15, 0.2) is 29.4 Å². The summed E-state index contributed by atoms with van der Waals surface area (Å²) < 4.78 is 7.22. The lowest BCUT2D eigenvalue weighted by Gasteiger charge is -2.23. The van der Waals surface area contributed by atoms with Gasteiger partial charge in [-0.05, 0) is 57.9 Å². The summed E-state index contributed by atoms with van der Waals surface area (Å²) in [4.78, 5) is 24.8. The number of methoxy groups -OCH3 is 1. The van der Waals surface area contributed by atoms with Crippen LogP contribution in [0.1, 0.15) is 58.9 Å². The van der Waals surface area contributed by atoms with Gasteiger partial charge in [0.2, 0.25) is 5.91 Å². The van der Waals surface area contributed by atoms with E-state index >= 15 is 0 Å². The van der Waals surface area contributed by atoms with E-state index in [0.717, 1.165) is 42.8 Å². The predicted molar refractivity (Wildman–Crippen MR) is 121 cm³/mol. The summed E-state index contributed by atoms with van der Waals surface area (Å²) in [6.45, 7) is 5.85. The molecule has 0 bridgehead atoms. The fourth-order valence-corrected chi connectivity index (χ4v) is 4.63. The van der Waals surface area contributed by atoms with Gasteiger partial charge in [-0.25, -0.2) is 4.79 Å². The Labute approximate surface area is 187 Å². The molecule has 9 heteroatoms. The Bertz CT molecular complexity index is 891. The lowest BCUT2D eigenvalue weighted by Crippen LogP contribution is -2.47. The number of hydrogen-bond acceptors (Lipinski definition) is 6. The summed E-state index contributed by atoms with van der Waals surface area (Å²) >= 11 is 1.29. The van der Waals surface area contributed by atoms with Crippen molar-refractivity contribution in [3.05, 3.63) is 24.3 Å². The van der Waals surface area contributed by atoms with Crippen molar-refractivity contribution in [1.82, 2.24) is 25.4 Å². The molecule has 1 heterocycles. The SMILES string of the molecule is COc1ccc(-c2nnc(SC(C)C(=O)NC(=O)NC3CCCCC3)n2C(C)C)cc1. The van der Waals surface area contributed by atoms with Gasteiger partial charge in [0.05, 0.1) is 12.4 Å². The van der Waals surface area contributed by atoms with Gasteiger partial charge < -0.3 is 10.1 Å². The lowest BCUT2D eigenvalue weighted by atomic mass is 9.96. The second kappa shape index (κ2) is 10.7. The highest BCUT2D eigenvalue weighted by atomic mass is 32.2. The first-order valence-corrected chi connectivity index (χ1v) is 11.6. The van der Waals surface area contributed by atoms with E-state index in [1.165, 1.54) is 18.2 Å². The zero-order valence-corrected chi connectivity index (χ0v) is 19.4. The average molecular weight is 446 g/mol. The Morgan fingerprint density at radius 1 is 1.10 bits per heavy atom. The second-order valence-corrected chi connectivity index (χ2v) is 9.36. The van der Waals surface area contributed by atoms with Gasteiger partial charge in [0.15, 0.2) is 11.0 Å². The molecular formula is C22H31N5O3S. The maximum Gasteiger partial charge on any atom is 0.321 e. The van der Waals surface area contributed by atoms with Crippen molar-refractivity contribution in [1.29, 1.82) is 0 Å². The van der Waals surface area contributed by atoms with Crippen LogP contribution in [0.4, 0.5) is 4.79 Å². The van der Waals surface area contributed by atoms with Gasteiger partial charge in [-0.3, -0.25) is 14.7 Å². The number of carbonyl (C=O) groups excluding carboxylic acids is 2. The monoisotopic (exact) mass is 445 g/mol. The van der Waals surface area contributed by atoms with Crippen molar-refractivity contribution in [2.75, 3.05) is 7.11 Å². The highest BCUT2D eigenvalue weighted by Gasteiger charge is 2.24. The van der Waals surface area contributed by atoms with E-state index in [-0.39, 0.29) is 18.0 Å². The van der Waals surface area contributed by atoms with E-state index in [1.54, 1.807) is 14.0 Å². The first-order chi connectivity index (χ1) is 14.9. The van der Waals surface area contributed by atoms with Gasteiger partial charge in [0.1, 0.15) is 5.75 Å². The first kappa shape index (κ1) is 23.1. The number of amides is 3. The molecule has 3 amide bonds. The minimum absolute atomic E-state index is 0.0967. The molecule has 0 aliphatic heterocycles. The molecule has 2 N–H and O–H groups in total. The highest BCUT2D eigenvalue weighted by Crippen LogP contribution is 2.30. The largest absolute Gasteiger partial charge is 0.497 e. The van der Waals surface area contributed by atoms with Gasteiger partial charge in [-0.1, -0.05) is 31.0 Å². The lowest BCUT2D eigenvalue weighted by molar-refractivity contribution is -0.119. The Hall–Kier alpha value is -2.55. The van der Waals surface area contributed by atoms with Gasteiger partial charge in [0, 0.05) is 17.6 Å². The van der Waals surface area contributed by atoms with Crippen LogP contribution >= 0.6 is 11.8 Å². The van der Waals surface area contributed by atoms with E-state index in [9.17, 15) is 9.59 Å². The highest BCUT2D eigenvalue weighted by molar-refractivity contribution is 8.00. The molecule has 2 aromatic rings. The molecule has 3 rings (SSSR count). The molecular weight excluding hydrogens is 414 g/mol. The molecule has 1 atom stereocenters. The van der Waals surface area contributed by atoms with E-state index in [0.29, 0.717) is 5.16 Å². The number of hydrogen-bond donors (Lipinski definition) is 2. The van der Waals surface area contributed by atoms with Gasteiger partial charge in [0.25, 0.3) is 0 Å². The summed E-state index contributed by atoms with van der Waals surface area (Å²) in [5.74, 6) is 1.15. The van der Waals surface area contributed by atoms with Crippen molar-refractivity contribution in [3.8, 4) is 17.1 Å². The standard InChI is InChI=1S/C22H31N5O3S/c1-14(2)27-19(16-10-12-18(30-4)13-11-16)25-26-22(27)31-15(3)20(28)24-21(29)23-17-8-6-5-7-9-17/h10-15,17H,5-9H2,1-4H3,(H2,23,24,28,29). The van der Waals surface area contributed by atoms with Crippen LogP contribution in [0.25, 0.3) is 11.4 Å². The van der Waals surface area contributed by atoms with Gasteiger partial charge in [-0.2, -0.15) is 0 Å². The third kappa shape index (κ3) is 6.00. The number of nitrogens with zero attached hydrogens (tertiary/aromatic N) is 3. The molecule has 0 radical (unpaired) electrons. The molecule has 1 saturated carbocycles. The fraction of sp³-hybridized carbons (Fsp3) is 0.545. The summed E-state index contributed by atoms with van der Waals surface area (Å²) in [5, 5.41) is 14.2.